The lowest BCUT2D eigenvalue weighted by molar-refractivity contribution is 0.352. The minimum Gasteiger partial charge on any atom is -0.324 e. The number of aromatic nitrogens is 4. The third kappa shape index (κ3) is 4.65. The zero-order valence-electron chi connectivity index (χ0n) is 17.9. The van der Waals surface area contributed by atoms with Crippen molar-refractivity contribution >= 4 is 22.8 Å². The zero-order valence-corrected chi connectivity index (χ0v) is 17.9. The lowest BCUT2D eigenvalue weighted by atomic mass is 9.95. The first-order chi connectivity index (χ1) is 15.3. The summed E-state index contributed by atoms with van der Waals surface area (Å²) >= 11 is 0. The maximum absolute atomic E-state index is 12.5. The van der Waals surface area contributed by atoms with Gasteiger partial charge in [-0.3, -0.25) is 4.57 Å². The van der Waals surface area contributed by atoms with Crippen LogP contribution in [0.3, 0.4) is 0 Å². The molecular formula is C23H31N7O. The summed E-state index contributed by atoms with van der Waals surface area (Å²) in [6.45, 7) is 3.08. The average molecular weight is 422 g/mol. The van der Waals surface area contributed by atoms with Gasteiger partial charge in [-0.1, -0.05) is 31.4 Å². The van der Waals surface area contributed by atoms with E-state index in [1.54, 1.807) is 6.20 Å². The van der Waals surface area contributed by atoms with E-state index in [4.69, 9.17) is 0 Å². The number of hydrogen-bond acceptors (Lipinski definition) is 6. The molecule has 3 aromatic rings. The highest BCUT2D eigenvalue weighted by atomic mass is 16.1. The predicted octanol–water partition coefficient (Wildman–Crippen LogP) is 3.21. The van der Waals surface area contributed by atoms with E-state index in [1.165, 1.54) is 37.7 Å². The molecule has 8 heteroatoms. The molecule has 1 aromatic carbocycles. The summed E-state index contributed by atoms with van der Waals surface area (Å²) in [6, 6.07) is 9.19. The van der Waals surface area contributed by atoms with Crippen molar-refractivity contribution in [1.29, 1.82) is 0 Å². The number of hydrogen-bond donors (Lipinski definition) is 4. The minimum absolute atomic E-state index is 0.0843. The smallest absolute Gasteiger partial charge is 0.324 e. The fourth-order valence-corrected chi connectivity index (χ4v) is 4.78. The number of piperidine rings is 1. The summed E-state index contributed by atoms with van der Waals surface area (Å²) in [5.74, 6) is 0.511. The van der Waals surface area contributed by atoms with E-state index in [2.05, 4.69) is 55.2 Å². The molecule has 0 spiro atoms. The molecule has 2 aromatic heterocycles. The standard InChI is InChI=1S/C23H31N7O/c31-23-28-20-15-26-22(29-21(20)30(23)19-4-2-1-3-5-19)27-18-8-6-16(7-9-18)14-25-17-10-12-24-13-11-17/h6-9,15,17,19,24-25H,1-5,10-14H2,(H,28,31)(H,26,27,29). The second-order valence-corrected chi connectivity index (χ2v) is 8.75. The van der Waals surface area contributed by atoms with Gasteiger partial charge < -0.3 is 20.9 Å². The number of aromatic amines is 1. The molecule has 0 radical (unpaired) electrons. The Bertz CT molecular complexity index is 1060. The van der Waals surface area contributed by atoms with Crippen LogP contribution >= 0.6 is 0 Å². The highest BCUT2D eigenvalue weighted by Crippen LogP contribution is 2.29. The van der Waals surface area contributed by atoms with E-state index >= 15 is 0 Å². The van der Waals surface area contributed by atoms with Crippen LogP contribution in [0.2, 0.25) is 0 Å². The van der Waals surface area contributed by atoms with Gasteiger partial charge in [0.05, 0.1) is 6.20 Å². The monoisotopic (exact) mass is 421 g/mol. The summed E-state index contributed by atoms with van der Waals surface area (Å²) in [5, 5.41) is 10.3. The Balaban J connectivity index is 1.28. The fourth-order valence-electron chi connectivity index (χ4n) is 4.78. The molecule has 0 atom stereocenters. The lowest BCUT2D eigenvalue weighted by Crippen LogP contribution is -2.39. The van der Waals surface area contributed by atoms with Gasteiger partial charge in [0.2, 0.25) is 5.95 Å². The van der Waals surface area contributed by atoms with Crippen molar-refractivity contribution in [3.05, 3.63) is 46.5 Å². The van der Waals surface area contributed by atoms with Gasteiger partial charge in [0.1, 0.15) is 5.52 Å². The lowest BCUT2D eigenvalue weighted by Gasteiger charge is -2.23. The SMILES string of the molecule is O=c1[nH]c2cnc(Nc3ccc(CNC4CCNCC4)cc3)nc2n1C1CCCCC1. The van der Waals surface area contributed by atoms with E-state index in [0.29, 0.717) is 23.2 Å². The van der Waals surface area contributed by atoms with Crippen LogP contribution in [0.4, 0.5) is 11.6 Å². The molecule has 1 aliphatic carbocycles. The maximum Gasteiger partial charge on any atom is 0.327 e. The molecular weight excluding hydrogens is 390 g/mol. The van der Waals surface area contributed by atoms with E-state index < -0.39 is 0 Å². The minimum atomic E-state index is -0.0843. The van der Waals surface area contributed by atoms with Gasteiger partial charge in [0, 0.05) is 24.3 Å². The molecule has 0 unspecified atom stereocenters. The molecule has 2 fully saturated rings. The number of nitrogens with one attached hydrogen (secondary N) is 4. The van der Waals surface area contributed by atoms with Crippen LogP contribution in [-0.2, 0) is 6.54 Å². The Kier molecular flexibility index (Phi) is 5.99. The molecule has 1 saturated heterocycles. The Hall–Kier alpha value is -2.71. The van der Waals surface area contributed by atoms with Crippen molar-refractivity contribution < 1.29 is 0 Å². The number of benzene rings is 1. The molecule has 31 heavy (non-hydrogen) atoms. The van der Waals surface area contributed by atoms with Gasteiger partial charge in [0.25, 0.3) is 0 Å². The number of nitrogens with zero attached hydrogens (tertiary/aromatic N) is 3. The Morgan fingerprint density at radius 1 is 1.03 bits per heavy atom. The molecule has 0 amide bonds. The molecule has 8 nitrogen and oxygen atoms in total. The molecule has 0 bridgehead atoms. The third-order valence-corrected chi connectivity index (χ3v) is 6.54. The van der Waals surface area contributed by atoms with Crippen molar-refractivity contribution in [1.82, 2.24) is 30.2 Å². The van der Waals surface area contributed by atoms with Crippen molar-refractivity contribution in [2.24, 2.45) is 0 Å². The first-order valence-electron chi connectivity index (χ1n) is 11.5. The molecule has 164 valence electrons. The summed E-state index contributed by atoms with van der Waals surface area (Å²) < 4.78 is 1.83. The van der Waals surface area contributed by atoms with E-state index in [-0.39, 0.29) is 11.7 Å². The Labute approximate surface area is 181 Å². The van der Waals surface area contributed by atoms with Crippen molar-refractivity contribution in [3.63, 3.8) is 0 Å². The predicted molar refractivity (Wildman–Crippen MR) is 123 cm³/mol. The topological polar surface area (TPSA) is 99.7 Å². The molecule has 2 aliphatic rings. The average Bonchev–Trinajstić information content (AvgIpc) is 3.15. The van der Waals surface area contributed by atoms with Crippen LogP contribution in [0.5, 0.6) is 0 Å². The molecule has 1 saturated carbocycles. The van der Waals surface area contributed by atoms with Crippen LogP contribution in [0.25, 0.3) is 11.2 Å². The summed E-state index contributed by atoms with van der Waals surface area (Å²) in [7, 11) is 0. The van der Waals surface area contributed by atoms with Gasteiger partial charge in [-0.05, 0) is 56.5 Å². The van der Waals surface area contributed by atoms with Gasteiger partial charge in [-0.25, -0.2) is 9.78 Å². The summed E-state index contributed by atoms with van der Waals surface area (Å²) in [5.41, 5.74) is 3.50. The van der Waals surface area contributed by atoms with E-state index in [0.717, 1.165) is 38.2 Å². The summed E-state index contributed by atoms with van der Waals surface area (Å²) in [6.07, 6.45) is 9.72. The molecule has 1 aliphatic heterocycles. The third-order valence-electron chi connectivity index (χ3n) is 6.54. The van der Waals surface area contributed by atoms with E-state index in [9.17, 15) is 4.79 Å². The van der Waals surface area contributed by atoms with E-state index in [1.807, 2.05) is 4.57 Å². The fraction of sp³-hybridized carbons (Fsp3) is 0.522. The number of imidazole rings is 1. The van der Waals surface area contributed by atoms with Crippen LogP contribution in [0.15, 0.2) is 35.3 Å². The van der Waals surface area contributed by atoms with Gasteiger partial charge >= 0.3 is 5.69 Å². The largest absolute Gasteiger partial charge is 0.327 e. The Morgan fingerprint density at radius 3 is 2.58 bits per heavy atom. The van der Waals surface area contributed by atoms with Crippen LogP contribution in [0.1, 0.15) is 56.6 Å². The number of fused-ring (bicyclic) bond motifs is 1. The van der Waals surface area contributed by atoms with Crippen molar-refractivity contribution in [2.75, 3.05) is 18.4 Å². The van der Waals surface area contributed by atoms with Gasteiger partial charge in [-0.2, -0.15) is 4.98 Å². The zero-order chi connectivity index (χ0) is 21.0. The maximum atomic E-state index is 12.5. The first-order valence-corrected chi connectivity index (χ1v) is 11.5. The van der Waals surface area contributed by atoms with Crippen LogP contribution < -0.4 is 21.6 Å². The number of anilines is 2. The Morgan fingerprint density at radius 2 is 1.81 bits per heavy atom. The second kappa shape index (κ2) is 9.20. The van der Waals surface area contributed by atoms with Crippen LogP contribution in [-0.4, -0.2) is 38.7 Å². The molecule has 4 N–H and O–H groups in total. The molecule has 5 rings (SSSR count). The van der Waals surface area contributed by atoms with Crippen molar-refractivity contribution in [2.45, 2.75) is 63.6 Å². The van der Waals surface area contributed by atoms with Gasteiger partial charge in [0.15, 0.2) is 5.65 Å². The van der Waals surface area contributed by atoms with Crippen molar-refractivity contribution in [3.8, 4) is 0 Å². The quantitative estimate of drug-likeness (QED) is 0.488. The number of rotatable bonds is 6. The first kappa shape index (κ1) is 20.2. The second-order valence-electron chi connectivity index (χ2n) is 8.75. The normalized spacial score (nSPS) is 18.5. The van der Waals surface area contributed by atoms with Crippen LogP contribution in [0, 0.1) is 0 Å². The summed E-state index contributed by atoms with van der Waals surface area (Å²) in [4.78, 5) is 24.5. The molecule has 3 heterocycles. The number of H-pyrrole nitrogens is 1. The highest BCUT2D eigenvalue weighted by Gasteiger charge is 2.21. The van der Waals surface area contributed by atoms with Gasteiger partial charge in [-0.15, -0.1) is 0 Å². The highest BCUT2D eigenvalue weighted by molar-refractivity contribution is 5.72.